The number of nitrogens with zero attached hydrogens (tertiary/aromatic N) is 2. The van der Waals surface area contributed by atoms with Crippen molar-refractivity contribution >= 4 is 34.1 Å². The first-order chi connectivity index (χ1) is 27.5. The van der Waals surface area contributed by atoms with E-state index in [9.17, 15) is 0 Å². The van der Waals surface area contributed by atoms with Gasteiger partial charge in [0.25, 0.3) is 0 Å². The van der Waals surface area contributed by atoms with E-state index in [0.29, 0.717) is 11.8 Å². The largest absolute Gasteiger partial charge is 0.310 e. The fraction of sp³-hybridized carbons (Fsp3) is 0.222. The lowest BCUT2D eigenvalue weighted by Crippen LogP contribution is -2.42. The molecule has 3 atom stereocenters. The van der Waals surface area contributed by atoms with Crippen molar-refractivity contribution in [2.75, 3.05) is 9.80 Å². The third-order valence-electron chi connectivity index (χ3n) is 14.1. The van der Waals surface area contributed by atoms with E-state index >= 15 is 0 Å². The van der Waals surface area contributed by atoms with Crippen LogP contribution in [0.1, 0.15) is 72.1 Å². The Hall–Kier alpha value is -5.86. The number of hydrogen-bond acceptors (Lipinski definition) is 2. The number of hydrogen-bond donors (Lipinski definition) is 0. The molecule has 1 saturated carbocycles. The Morgan fingerprint density at radius 2 is 1.00 bits per heavy atom. The predicted octanol–water partition coefficient (Wildman–Crippen LogP) is 14.1. The van der Waals surface area contributed by atoms with Gasteiger partial charge in [-0.3, -0.25) is 0 Å². The van der Waals surface area contributed by atoms with Gasteiger partial charge in [0.15, 0.2) is 0 Å². The summed E-state index contributed by atoms with van der Waals surface area (Å²) in [5.41, 5.74) is 20.4. The van der Waals surface area contributed by atoms with Crippen LogP contribution < -0.4 is 9.80 Å². The molecule has 0 saturated heterocycles. The molecule has 3 unspecified atom stereocenters. The molecule has 0 aliphatic heterocycles. The standard InChI is InChI=1S/C54H48N2/c1-36-17-10-13-28-48(36)56(42-24-8-5-9-25-42)50-30-15-19-38-34-40-21-16-20-39-33-37-18-14-29-49(51(37)54(39,40)52(38)50)55(41-22-6-4-7-23-41)43-31-32-45-44-26-11-12-27-46(44)53(2,3)47(45)35-43/h4-15,17-19,22-32,35,39-40H,16,20-21,33-34H2,1-3H3. The van der Waals surface area contributed by atoms with Crippen LogP contribution in [-0.4, -0.2) is 0 Å². The average Bonchev–Trinajstić information content (AvgIpc) is 3.84. The van der Waals surface area contributed by atoms with E-state index in [0.717, 1.165) is 12.8 Å². The molecular formula is C54H48N2. The summed E-state index contributed by atoms with van der Waals surface area (Å²) in [6.07, 6.45) is 6.06. The molecule has 0 N–H and O–H groups in total. The number of anilines is 6. The molecule has 1 fully saturated rings. The minimum atomic E-state index is -0.106. The van der Waals surface area contributed by atoms with Gasteiger partial charge in [-0.05, 0) is 149 Å². The molecule has 7 aromatic rings. The third-order valence-corrected chi connectivity index (χ3v) is 14.1. The SMILES string of the molecule is Cc1ccccc1N(c1ccccc1)c1cccc2c1C13c4c(cccc4N(c4ccccc4)c4ccc5c(c4)C(C)(C)c4ccccc4-5)CC1CCCC3C2. The topological polar surface area (TPSA) is 6.48 Å². The van der Waals surface area contributed by atoms with Gasteiger partial charge < -0.3 is 9.80 Å². The van der Waals surface area contributed by atoms with Gasteiger partial charge >= 0.3 is 0 Å². The smallest absolute Gasteiger partial charge is 0.0505 e. The molecule has 7 aromatic carbocycles. The molecule has 274 valence electrons. The van der Waals surface area contributed by atoms with E-state index in [-0.39, 0.29) is 10.8 Å². The lowest BCUT2D eigenvalue weighted by atomic mass is 9.58. The Morgan fingerprint density at radius 1 is 0.464 bits per heavy atom. The van der Waals surface area contributed by atoms with Crippen LogP contribution >= 0.6 is 0 Å². The molecule has 0 amide bonds. The van der Waals surface area contributed by atoms with E-state index in [4.69, 9.17) is 0 Å². The Balaban J connectivity index is 1.17. The second-order valence-corrected chi connectivity index (χ2v) is 17.3. The van der Waals surface area contributed by atoms with Gasteiger partial charge in [0.1, 0.15) is 0 Å². The summed E-state index contributed by atoms with van der Waals surface area (Å²) in [6.45, 7) is 7.05. The summed E-state index contributed by atoms with van der Waals surface area (Å²) in [5, 5.41) is 0. The molecule has 0 radical (unpaired) electrons. The third kappa shape index (κ3) is 4.68. The van der Waals surface area contributed by atoms with Crippen LogP contribution in [0.3, 0.4) is 0 Å². The zero-order valence-electron chi connectivity index (χ0n) is 32.7. The molecule has 0 bridgehead atoms. The maximum atomic E-state index is 2.61. The van der Waals surface area contributed by atoms with Crippen molar-refractivity contribution in [1.29, 1.82) is 0 Å². The fourth-order valence-electron chi connectivity index (χ4n) is 11.9. The van der Waals surface area contributed by atoms with E-state index in [1.54, 1.807) is 11.1 Å². The summed E-state index contributed by atoms with van der Waals surface area (Å²) in [4.78, 5) is 5.19. The van der Waals surface area contributed by atoms with Gasteiger partial charge in [0.2, 0.25) is 0 Å². The van der Waals surface area contributed by atoms with E-state index < -0.39 is 0 Å². The molecule has 0 heterocycles. The first-order valence-corrected chi connectivity index (χ1v) is 20.7. The van der Waals surface area contributed by atoms with Crippen LogP contribution in [0.25, 0.3) is 11.1 Å². The van der Waals surface area contributed by atoms with Crippen LogP contribution in [0, 0.1) is 18.8 Å². The van der Waals surface area contributed by atoms with Crippen molar-refractivity contribution in [1.82, 2.24) is 0 Å². The zero-order chi connectivity index (χ0) is 37.6. The highest BCUT2D eigenvalue weighted by Gasteiger charge is 2.60. The maximum absolute atomic E-state index is 2.61. The maximum Gasteiger partial charge on any atom is 0.0505 e. The Kier molecular flexibility index (Phi) is 7.52. The lowest BCUT2D eigenvalue weighted by Gasteiger charge is -2.46. The summed E-state index contributed by atoms with van der Waals surface area (Å²) >= 11 is 0. The van der Waals surface area contributed by atoms with Crippen LogP contribution in [0.5, 0.6) is 0 Å². The summed E-state index contributed by atoms with van der Waals surface area (Å²) in [5.74, 6) is 1.08. The predicted molar refractivity (Wildman–Crippen MR) is 234 cm³/mol. The lowest BCUT2D eigenvalue weighted by molar-refractivity contribution is 0.177. The van der Waals surface area contributed by atoms with Crippen molar-refractivity contribution in [3.63, 3.8) is 0 Å². The number of rotatable bonds is 6. The normalized spacial score (nSPS) is 20.6. The van der Waals surface area contributed by atoms with Crippen LogP contribution in [0.2, 0.25) is 0 Å². The van der Waals surface area contributed by atoms with Crippen molar-refractivity contribution in [3.05, 3.63) is 203 Å². The number of fused-ring (bicyclic) bond motifs is 5. The molecule has 56 heavy (non-hydrogen) atoms. The summed E-state index contributed by atoms with van der Waals surface area (Å²) < 4.78 is 0. The highest BCUT2D eigenvalue weighted by atomic mass is 15.2. The summed E-state index contributed by atoms with van der Waals surface area (Å²) in [7, 11) is 0. The molecule has 11 rings (SSSR count). The van der Waals surface area contributed by atoms with E-state index in [2.05, 4.69) is 194 Å². The van der Waals surface area contributed by atoms with Crippen LogP contribution in [0.15, 0.2) is 164 Å². The average molecular weight is 725 g/mol. The fourth-order valence-corrected chi connectivity index (χ4v) is 11.9. The van der Waals surface area contributed by atoms with Gasteiger partial charge in [0.05, 0.1) is 11.4 Å². The molecule has 2 heteroatoms. The molecule has 4 aliphatic carbocycles. The molecular weight excluding hydrogens is 677 g/mol. The van der Waals surface area contributed by atoms with Crippen molar-refractivity contribution in [3.8, 4) is 11.1 Å². The van der Waals surface area contributed by atoms with Gasteiger partial charge in [-0.25, -0.2) is 0 Å². The quantitative estimate of drug-likeness (QED) is 0.168. The molecule has 1 spiro atoms. The van der Waals surface area contributed by atoms with Gasteiger partial charge in [-0.1, -0.05) is 129 Å². The van der Waals surface area contributed by atoms with Gasteiger partial charge in [0, 0.05) is 33.6 Å². The second-order valence-electron chi connectivity index (χ2n) is 17.3. The summed E-state index contributed by atoms with van der Waals surface area (Å²) in [6, 6.07) is 61.9. The van der Waals surface area contributed by atoms with Crippen LogP contribution in [-0.2, 0) is 23.7 Å². The van der Waals surface area contributed by atoms with Gasteiger partial charge in [-0.2, -0.15) is 0 Å². The Morgan fingerprint density at radius 3 is 1.66 bits per heavy atom. The van der Waals surface area contributed by atoms with Gasteiger partial charge in [-0.15, -0.1) is 0 Å². The molecule has 2 nitrogen and oxygen atoms in total. The van der Waals surface area contributed by atoms with E-state index in [1.807, 2.05) is 0 Å². The van der Waals surface area contributed by atoms with E-state index in [1.165, 1.54) is 92.3 Å². The monoisotopic (exact) mass is 724 g/mol. The number of benzene rings is 7. The van der Waals surface area contributed by atoms with Crippen molar-refractivity contribution < 1.29 is 0 Å². The Bertz CT molecular complexity index is 2630. The molecule has 4 aliphatic rings. The number of para-hydroxylation sites is 3. The minimum absolute atomic E-state index is 0.0864. The van der Waals surface area contributed by atoms with Crippen molar-refractivity contribution in [2.45, 2.75) is 63.7 Å². The second kappa shape index (κ2) is 12.6. The zero-order valence-corrected chi connectivity index (χ0v) is 32.7. The number of aryl methyl sites for hydroxylation is 1. The first kappa shape index (κ1) is 33.5. The highest BCUT2D eigenvalue weighted by Crippen LogP contribution is 2.67. The first-order valence-electron chi connectivity index (χ1n) is 20.7. The van der Waals surface area contributed by atoms with Crippen LogP contribution in [0.4, 0.5) is 34.1 Å². The highest BCUT2D eigenvalue weighted by molar-refractivity contribution is 5.89. The van der Waals surface area contributed by atoms with Crippen molar-refractivity contribution in [2.24, 2.45) is 11.8 Å². The molecule has 0 aromatic heterocycles. The Labute approximate surface area is 332 Å². The minimum Gasteiger partial charge on any atom is -0.310 e.